The van der Waals surface area contributed by atoms with Crippen molar-refractivity contribution in [2.45, 2.75) is 26.4 Å². The number of carbonyl (C=O) groups is 1. The molecule has 0 amide bonds. The quantitative estimate of drug-likeness (QED) is 0.782. The lowest BCUT2D eigenvalue weighted by Gasteiger charge is -2.17. The van der Waals surface area contributed by atoms with Crippen LogP contribution in [0, 0.1) is 0 Å². The lowest BCUT2D eigenvalue weighted by Crippen LogP contribution is -2.23. The van der Waals surface area contributed by atoms with Gasteiger partial charge in [0.2, 0.25) is 5.76 Å². The Labute approximate surface area is 119 Å². The van der Waals surface area contributed by atoms with Crippen molar-refractivity contribution in [3.05, 3.63) is 40.6 Å². The second-order valence-electron chi connectivity index (χ2n) is 5.09. The van der Waals surface area contributed by atoms with Crippen molar-refractivity contribution in [3.63, 3.8) is 0 Å². The van der Waals surface area contributed by atoms with Crippen LogP contribution in [0.1, 0.15) is 31.3 Å². The molecule has 0 saturated heterocycles. The summed E-state index contributed by atoms with van der Waals surface area (Å²) in [6.45, 7) is 5.41. The van der Waals surface area contributed by atoms with Gasteiger partial charge in [-0.1, -0.05) is 33.2 Å². The number of aromatic nitrogens is 1. The van der Waals surface area contributed by atoms with Crippen LogP contribution in [0.25, 0.3) is 11.3 Å². The maximum atomic E-state index is 11.8. The number of nitrogens with zero attached hydrogens (tertiary/aromatic N) is 1. The zero-order valence-electron chi connectivity index (χ0n) is 10.9. The van der Waals surface area contributed by atoms with Crippen LogP contribution >= 0.6 is 15.9 Å². The molecule has 5 heteroatoms. The third-order valence-corrected chi connectivity index (χ3v) is 2.78. The minimum absolute atomic E-state index is 0.104. The minimum atomic E-state index is -0.554. The lowest BCUT2D eigenvalue weighted by atomic mass is 10.1. The second-order valence-corrected chi connectivity index (χ2v) is 6.00. The van der Waals surface area contributed by atoms with E-state index in [-0.39, 0.29) is 5.76 Å². The molecule has 1 aromatic heterocycles. The van der Waals surface area contributed by atoms with Gasteiger partial charge in [-0.05, 0) is 32.9 Å². The Bertz CT molecular complexity index is 581. The van der Waals surface area contributed by atoms with Crippen LogP contribution < -0.4 is 0 Å². The van der Waals surface area contributed by atoms with Crippen LogP contribution in [0.15, 0.2) is 39.3 Å². The molecule has 0 spiro atoms. The smallest absolute Gasteiger partial charge is 0.377 e. The molecule has 0 radical (unpaired) electrons. The molecule has 0 aliphatic heterocycles. The molecule has 2 rings (SSSR count). The van der Waals surface area contributed by atoms with Crippen molar-refractivity contribution in [2.24, 2.45) is 0 Å². The molecule has 0 aliphatic rings. The molecule has 1 aromatic carbocycles. The summed E-state index contributed by atoms with van der Waals surface area (Å²) in [5, 5.41) is 3.88. The van der Waals surface area contributed by atoms with E-state index in [9.17, 15) is 4.79 Å². The topological polar surface area (TPSA) is 52.3 Å². The van der Waals surface area contributed by atoms with Gasteiger partial charge >= 0.3 is 5.97 Å². The summed E-state index contributed by atoms with van der Waals surface area (Å²) in [7, 11) is 0. The van der Waals surface area contributed by atoms with E-state index in [1.54, 1.807) is 26.8 Å². The van der Waals surface area contributed by atoms with Crippen LogP contribution in [0.4, 0.5) is 0 Å². The van der Waals surface area contributed by atoms with E-state index in [1.165, 1.54) is 0 Å². The first kappa shape index (κ1) is 13.8. The normalized spacial score (nSPS) is 11.4. The number of carbonyl (C=O) groups excluding carboxylic acids is 1. The fourth-order valence-electron chi connectivity index (χ4n) is 1.46. The fraction of sp³-hybridized carbons (Fsp3) is 0.286. The Hall–Kier alpha value is -1.62. The SMILES string of the molecule is CC(C)(C)OC(=O)c1cc(-c2ccc(Br)cc2)no1. The number of hydrogen-bond acceptors (Lipinski definition) is 4. The third-order valence-electron chi connectivity index (χ3n) is 2.25. The van der Waals surface area contributed by atoms with E-state index in [2.05, 4.69) is 21.1 Å². The van der Waals surface area contributed by atoms with Gasteiger partial charge in [-0.15, -0.1) is 0 Å². The Balaban J connectivity index is 2.19. The van der Waals surface area contributed by atoms with Crippen LogP contribution in [-0.2, 0) is 4.74 Å². The van der Waals surface area contributed by atoms with Crippen molar-refractivity contribution in [1.82, 2.24) is 5.16 Å². The molecule has 0 aliphatic carbocycles. The van der Waals surface area contributed by atoms with Crippen LogP contribution in [0.3, 0.4) is 0 Å². The van der Waals surface area contributed by atoms with E-state index in [0.717, 1.165) is 10.0 Å². The Kier molecular flexibility index (Phi) is 3.75. The lowest BCUT2D eigenvalue weighted by molar-refractivity contribution is 0.00277. The summed E-state index contributed by atoms with van der Waals surface area (Å²) < 4.78 is 11.2. The van der Waals surface area contributed by atoms with Crippen molar-refractivity contribution in [2.75, 3.05) is 0 Å². The Morgan fingerprint density at radius 3 is 2.47 bits per heavy atom. The first-order valence-corrected chi connectivity index (χ1v) is 6.60. The fourth-order valence-corrected chi connectivity index (χ4v) is 1.72. The highest BCUT2D eigenvalue weighted by Gasteiger charge is 2.21. The summed E-state index contributed by atoms with van der Waals surface area (Å²) in [6.07, 6.45) is 0. The standard InChI is InChI=1S/C14H14BrNO3/c1-14(2,3)18-13(17)12-8-11(16-19-12)9-4-6-10(15)7-5-9/h4-8H,1-3H3. The summed E-state index contributed by atoms with van der Waals surface area (Å²) in [4.78, 5) is 11.8. The molecule has 0 saturated carbocycles. The molecule has 2 aromatic rings. The maximum Gasteiger partial charge on any atom is 0.377 e. The summed E-state index contributed by atoms with van der Waals surface area (Å²) in [5.74, 6) is -0.406. The number of ether oxygens (including phenoxy) is 1. The van der Waals surface area contributed by atoms with E-state index in [0.29, 0.717) is 5.69 Å². The highest BCUT2D eigenvalue weighted by molar-refractivity contribution is 9.10. The highest BCUT2D eigenvalue weighted by atomic mass is 79.9. The summed E-state index contributed by atoms with van der Waals surface area (Å²) >= 11 is 3.36. The molecule has 0 unspecified atom stereocenters. The predicted octanol–water partition coefficient (Wildman–Crippen LogP) is 4.06. The van der Waals surface area contributed by atoms with Crippen molar-refractivity contribution in [3.8, 4) is 11.3 Å². The first-order chi connectivity index (χ1) is 8.85. The monoisotopic (exact) mass is 323 g/mol. The van der Waals surface area contributed by atoms with Gasteiger partial charge in [-0.3, -0.25) is 0 Å². The average molecular weight is 324 g/mol. The van der Waals surface area contributed by atoms with Crippen LogP contribution in [0.2, 0.25) is 0 Å². The molecular formula is C14H14BrNO3. The second kappa shape index (κ2) is 5.17. The van der Waals surface area contributed by atoms with Crippen LogP contribution in [0.5, 0.6) is 0 Å². The molecule has 19 heavy (non-hydrogen) atoms. The van der Waals surface area contributed by atoms with Gasteiger partial charge in [0.05, 0.1) is 0 Å². The van der Waals surface area contributed by atoms with Gasteiger partial charge in [0.1, 0.15) is 11.3 Å². The van der Waals surface area contributed by atoms with Crippen molar-refractivity contribution < 1.29 is 14.1 Å². The van der Waals surface area contributed by atoms with Gasteiger partial charge in [0.25, 0.3) is 0 Å². The molecule has 0 atom stereocenters. The zero-order chi connectivity index (χ0) is 14.0. The molecule has 1 heterocycles. The molecule has 100 valence electrons. The number of benzene rings is 1. The molecule has 0 N–H and O–H groups in total. The molecule has 0 bridgehead atoms. The summed E-state index contributed by atoms with van der Waals surface area (Å²) in [5.41, 5.74) is 0.928. The highest BCUT2D eigenvalue weighted by Crippen LogP contribution is 2.22. The molecule has 0 fully saturated rings. The van der Waals surface area contributed by atoms with Crippen molar-refractivity contribution in [1.29, 1.82) is 0 Å². The number of rotatable bonds is 2. The van der Waals surface area contributed by atoms with Gasteiger partial charge in [0, 0.05) is 16.1 Å². The van der Waals surface area contributed by atoms with Gasteiger partial charge < -0.3 is 9.26 Å². The van der Waals surface area contributed by atoms with Gasteiger partial charge in [-0.2, -0.15) is 0 Å². The van der Waals surface area contributed by atoms with Gasteiger partial charge in [0.15, 0.2) is 0 Å². The van der Waals surface area contributed by atoms with E-state index in [4.69, 9.17) is 9.26 Å². The average Bonchev–Trinajstić information content (AvgIpc) is 2.77. The van der Waals surface area contributed by atoms with E-state index in [1.807, 2.05) is 24.3 Å². The van der Waals surface area contributed by atoms with Crippen molar-refractivity contribution >= 4 is 21.9 Å². The Morgan fingerprint density at radius 1 is 1.26 bits per heavy atom. The maximum absolute atomic E-state index is 11.8. The number of hydrogen-bond donors (Lipinski definition) is 0. The minimum Gasteiger partial charge on any atom is -0.454 e. The first-order valence-electron chi connectivity index (χ1n) is 5.81. The van der Waals surface area contributed by atoms with Gasteiger partial charge in [-0.25, -0.2) is 4.79 Å². The predicted molar refractivity (Wildman–Crippen MR) is 74.8 cm³/mol. The summed E-state index contributed by atoms with van der Waals surface area (Å²) in [6, 6.07) is 9.16. The number of halogens is 1. The van der Waals surface area contributed by atoms with E-state index < -0.39 is 11.6 Å². The molecule has 4 nitrogen and oxygen atoms in total. The van der Waals surface area contributed by atoms with E-state index >= 15 is 0 Å². The largest absolute Gasteiger partial charge is 0.454 e. The third kappa shape index (κ3) is 3.67. The number of esters is 1. The van der Waals surface area contributed by atoms with Crippen LogP contribution in [-0.4, -0.2) is 16.7 Å². The Morgan fingerprint density at radius 2 is 1.89 bits per heavy atom. The molecular weight excluding hydrogens is 310 g/mol. The zero-order valence-corrected chi connectivity index (χ0v) is 12.5.